The molecule has 5 atom stereocenters. The predicted molar refractivity (Wildman–Crippen MR) is 182 cm³/mol. The Balaban J connectivity index is 1.64. The first-order chi connectivity index (χ1) is 23.9. The molecule has 2 unspecified atom stereocenters. The number of hydrogen-bond acceptors (Lipinski definition) is 7. The highest BCUT2D eigenvalue weighted by molar-refractivity contribution is 6.38. The zero-order valence-corrected chi connectivity index (χ0v) is 29.6. The standard InChI is InChI=1S/C34H38Cl2F3N5O7/c1-5-16(3)25(28(40)45)42-31(48)33(11-10-24-22(15-33)21-13-19(35)14-23(36)27(21)41-24)44-29(46)26(17(4)6-2)43-32(49)50-30(47)18-8-7-9-20(12-18)51-34(37,38)39/h7-9,12-14,16-17,25-26,41H,5-6,10-11,15H2,1-4H3,(H2,40,45)(H,42,48)(H,43,49)(H,44,46)/t16?,17?,25-,26-,33+/m0/s1. The average molecular weight is 757 g/mol. The highest BCUT2D eigenvalue weighted by Crippen LogP contribution is 2.38. The number of nitrogens with two attached hydrogens (primary N) is 1. The molecule has 1 aromatic heterocycles. The van der Waals surface area contributed by atoms with Gasteiger partial charge >= 0.3 is 18.4 Å². The molecule has 276 valence electrons. The smallest absolute Gasteiger partial charge is 0.406 e. The van der Waals surface area contributed by atoms with Gasteiger partial charge in [-0.15, -0.1) is 13.2 Å². The number of carbonyl (C=O) groups is 5. The lowest BCUT2D eigenvalue weighted by Crippen LogP contribution is -2.67. The van der Waals surface area contributed by atoms with Crippen molar-refractivity contribution in [2.45, 2.75) is 83.8 Å². The average Bonchev–Trinajstić information content (AvgIpc) is 3.42. The number of amides is 4. The highest BCUT2D eigenvalue weighted by Gasteiger charge is 2.47. The number of benzene rings is 2. The normalized spacial score (nSPS) is 18.1. The summed E-state index contributed by atoms with van der Waals surface area (Å²) in [6, 6.07) is 4.75. The van der Waals surface area contributed by atoms with Crippen molar-refractivity contribution in [1.82, 2.24) is 20.9 Å². The van der Waals surface area contributed by atoms with Gasteiger partial charge in [-0.3, -0.25) is 14.4 Å². The molecule has 0 saturated carbocycles. The minimum Gasteiger partial charge on any atom is -0.406 e. The second-order valence-electron chi connectivity index (χ2n) is 12.6. The van der Waals surface area contributed by atoms with Crippen LogP contribution in [0, 0.1) is 11.8 Å². The first kappa shape index (κ1) is 39.3. The van der Waals surface area contributed by atoms with Crippen LogP contribution in [0.1, 0.15) is 68.6 Å². The number of aryl methyl sites for hydroxylation is 1. The molecule has 0 spiro atoms. The van der Waals surface area contributed by atoms with Crippen LogP contribution in [0.25, 0.3) is 10.9 Å². The van der Waals surface area contributed by atoms with Gasteiger partial charge in [0.1, 0.15) is 23.4 Å². The summed E-state index contributed by atoms with van der Waals surface area (Å²) in [5.41, 5.74) is 5.59. The number of aromatic amines is 1. The fourth-order valence-electron chi connectivity index (χ4n) is 5.97. The molecule has 0 fully saturated rings. The zero-order valence-electron chi connectivity index (χ0n) is 28.1. The van der Waals surface area contributed by atoms with Gasteiger partial charge in [0, 0.05) is 22.5 Å². The number of alkyl halides is 3. The molecule has 1 aliphatic carbocycles. The molecule has 51 heavy (non-hydrogen) atoms. The molecule has 3 aromatic rings. The number of primary amides is 1. The van der Waals surface area contributed by atoms with Crippen LogP contribution in [-0.2, 0) is 32.0 Å². The van der Waals surface area contributed by atoms with Crippen molar-refractivity contribution in [3.8, 4) is 5.75 Å². The van der Waals surface area contributed by atoms with E-state index in [0.29, 0.717) is 39.4 Å². The lowest BCUT2D eigenvalue weighted by Gasteiger charge is -2.39. The molecular formula is C34H38Cl2F3N5O7. The van der Waals surface area contributed by atoms with Gasteiger partial charge in [-0.25, -0.2) is 9.59 Å². The summed E-state index contributed by atoms with van der Waals surface area (Å²) in [4.78, 5) is 69.7. The van der Waals surface area contributed by atoms with Gasteiger partial charge in [0.2, 0.25) is 17.7 Å². The fourth-order valence-corrected chi connectivity index (χ4v) is 6.51. The van der Waals surface area contributed by atoms with Crippen molar-refractivity contribution in [3.05, 3.63) is 63.3 Å². The molecule has 1 aliphatic rings. The molecule has 12 nitrogen and oxygen atoms in total. The molecule has 1 heterocycles. The van der Waals surface area contributed by atoms with E-state index in [1.807, 2.05) is 6.92 Å². The molecule has 4 rings (SSSR count). The summed E-state index contributed by atoms with van der Waals surface area (Å²) in [5.74, 6) is -5.18. The Kier molecular flexibility index (Phi) is 12.2. The van der Waals surface area contributed by atoms with E-state index in [9.17, 15) is 37.1 Å². The topological polar surface area (TPSA) is 182 Å². The van der Waals surface area contributed by atoms with Gasteiger partial charge in [0.05, 0.1) is 16.1 Å². The van der Waals surface area contributed by atoms with Crippen molar-refractivity contribution >= 4 is 63.9 Å². The summed E-state index contributed by atoms with van der Waals surface area (Å²) < 4.78 is 46.6. The quantitative estimate of drug-likeness (QED) is 0.116. The minimum absolute atomic E-state index is 0.0605. The summed E-state index contributed by atoms with van der Waals surface area (Å²) in [7, 11) is 0. The Morgan fingerprint density at radius 1 is 1.00 bits per heavy atom. The summed E-state index contributed by atoms with van der Waals surface area (Å²) in [6.07, 6.45) is -5.25. The second kappa shape index (κ2) is 15.8. The number of nitrogens with one attached hydrogen (secondary N) is 4. The van der Waals surface area contributed by atoms with Gasteiger partial charge in [0.15, 0.2) is 0 Å². The Morgan fingerprint density at radius 2 is 1.67 bits per heavy atom. The molecule has 0 radical (unpaired) electrons. The highest BCUT2D eigenvalue weighted by atomic mass is 35.5. The second-order valence-corrected chi connectivity index (χ2v) is 13.5. The maximum atomic E-state index is 14.3. The van der Waals surface area contributed by atoms with Gasteiger partial charge in [-0.2, -0.15) is 0 Å². The van der Waals surface area contributed by atoms with E-state index >= 15 is 0 Å². The molecule has 6 N–H and O–H groups in total. The van der Waals surface area contributed by atoms with Crippen LogP contribution in [0.4, 0.5) is 18.0 Å². The van der Waals surface area contributed by atoms with Gasteiger partial charge in [-0.1, -0.05) is 69.8 Å². The van der Waals surface area contributed by atoms with E-state index in [4.69, 9.17) is 33.7 Å². The Labute approximate surface area is 301 Å². The lowest BCUT2D eigenvalue weighted by atomic mass is 9.78. The number of hydrogen-bond donors (Lipinski definition) is 5. The molecule has 0 bridgehead atoms. The van der Waals surface area contributed by atoms with Crippen molar-refractivity contribution in [1.29, 1.82) is 0 Å². The van der Waals surface area contributed by atoms with Gasteiger partial charge in [0.25, 0.3) is 0 Å². The number of H-pyrrole nitrogens is 1. The molecule has 2 aromatic carbocycles. The maximum absolute atomic E-state index is 14.3. The largest absolute Gasteiger partial charge is 0.573 e. The monoisotopic (exact) mass is 755 g/mol. The van der Waals surface area contributed by atoms with Gasteiger partial charge < -0.3 is 36.1 Å². The van der Waals surface area contributed by atoms with Crippen LogP contribution in [0.2, 0.25) is 10.0 Å². The van der Waals surface area contributed by atoms with E-state index in [0.717, 1.165) is 30.0 Å². The van der Waals surface area contributed by atoms with Crippen molar-refractivity contribution in [2.75, 3.05) is 0 Å². The van der Waals surface area contributed by atoms with Crippen LogP contribution < -0.4 is 26.4 Å². The van der Waals surface area contributed by atoms with E-state index in [1.165, 1.54) is 0 Å². The third-order valence-corrected chi connectivity index (χ3v) is 9.68. The molecular weight excluding hydrogens is 718 g/mol. The number of fused-ring (bicyclic) bond motifs is 3. The molecule has 0 saturated heterocycles. The Morgan fingerprint density at radius 3 is 2.29 bits per heavy atom. The van der Waals surface area contributed by atoms with Crippen molar-refractivity contribution in [3.63, 3.8) is 0 Å². The van der Waals surface area contributed by atoms with Gasteiger partial charge in [-0.05, 0) is 60.6 Å². The third-order valence-electron chi connectivity index (χ3n) is 9.16. The first-order valence-electron chi connectivity index (χ1n) is 16.2. The number of rotatable bonds is 12. The van der Waals surface area contributed by atoms with E-state index in [2.05, 4.69) is 25.7 Å². The summed E-state index contributed by atoms with van der Waals surface area (Å²) >= 11 is 12.8. The van der Waals surface area contributed by atoms with E-state index in [-0.39, 0.29) is 25.2 Å². The SMILES string of the molecule is CCC(C)[C@H](NC(=O)[C@@]1(NC(=O)[C@@H](NC(=O)OC(=O)c2cccc(OC(F)(F)F)c2)C(C)CC)CCc2[nH]c3c(Cl)cc(Cl)cc3c2C1)C(N)=O. The predicted octanol–water partition coefficient (Wildman–Crippen LogP) is 5.71. The van der Waals surface area contributed by atoms with Crippen molar-refractivity contribution < 1.29 is 46.6 Å². The lowest BCUT2D eigenvalue weighted by molar-refractivity contribution is -0.274. The number of alkyl carbamates (subject to hydrolysis) is 1. The summed E-state index contributed by atoms with van der Waals surface area (Å²) in [5, 5.41) is 9.25. The number of esters is 1. The van der Waals surface area contributed by atoms with Crippen LogP contribution >= 0.6 is 23.2 Å². The maximum Gasteiger partial charge on any atom is 0.573 e. The van der Waals surface area contributed by atoms with E-state index in [1.54, 1.807) is 32.9 Å². The molecule has 0 aliphatic heterocycles. The number of halogens is 5. The van der Waals surface area contributed by atoms with Crippen LogP contribution in [0.15, 0.2) is 36.4 Å². The third kappa shape index (κ3) is 9.25. The molecule has 4 amide bonds. The number of carbonyl (C=O) groups excluding carboxylic acids is 5. The summed E-state index contributed by atoms with van der Waals surface area (Å²) in [6.45, 7) is 6.97. The minimum atomic E-state index is -5.02. The number of ether oxygens (including phenoxy) is 2. The fraction of sp³-hybridized carbons (Fsp3) is 0.441. The Hall–Kier alpha value is -4.50. The number of aromatic nitrogens is 1. The van der Waals surface area contributed by atoms with Crippen LogP contribution in [0.3, 0.4) is 0 Å². The van der Waals surface area contributed by atoms with E-state index < -0.39 is 71.0 Å². The van der Waals surface area contributed by atoms with Crippen LogP contribution in [-0.4, -0.2) is 58.8 Å². The Bertz CT molecular complexity index is 1840. The van der Waals surface area contributed by atoms with Crippen molar-refractivity contribution in [2.24, 2.45) is 17.6 Å². The first-order valence-corrected chi connectivity index (χ1v) is 16.9. The zero-order chi connectivity index (χ0) is 37.8. The van der Waals surface area contributed by atoms with Crippen LogP contribution in [0.5, 0.6) is 5.75 Å². The molecule has 17 heteroatoms.